The summed E-state index contributed by atoms with van der Waals surface area (Å²) in [6.45, 7) is 0.168. The lowest BCUT2D eigenvalue weighted by molar-refractivity contribution is 0.410. The summed E-state index contributed by atoms with van der Waals surface area (Å²) in [7, 11) is -3.60. The molecule has 2 aromatic rings. The SMILES string of the molecule is O=S(=O)(NCCc1ncon1)c1ccnc(Cl)c1. The van der Waals surface area contributed by atoms with Crippen LogP contribution in [0.1, 0.15) is 5.82 Å². The van der Waals surface area contributed by atoms with Crippen LogP contribution >= 0.6 is 11.6 Å². The van der Waals surface area contributed by atoms with E-state index < -0.39 is 10.0 Å². The Bertz CT molecular complexity index is 615. The molecule has 2 heterocycles. The van der Waals surface area contributed by atoms with Crippen molar-refractivity contribution in [3.05, 3.63) is 35.7 Å². The van der Waals surface area contributed by atoms with Crippen LogP contribution in [0.3, 0.4) is 0 Å². The van der Waals surface area contributed by atoms with Gasteiger partial charge in [0.2, 0.25) is 16.4 Å². The predicted octanol–water partition coefficient (Wildman–Crippen LogP) is 0.639. The van der Waals surface area contributed by atoms with Crippen molar-refractivity contribution in [1.29, 1.82) is 0 Å². The average Bonchev–Trinajstić information content (AvgIpc) is 2.82. The third-order valence-corrected chi connectivity index (χ3v) is 3.72. The molecule has 0 radical (unpaired) electrons. The Hall–Kier alpha value is -1.51. The highest BCUT2D eigenvalue weighted by Gasteiger charge is 2.14. The number of halogens is 1. The van der Waals surface area contributed by atoms with E-state index in [1.807, 2.05) is 0 Å². The molecule has 0 aliphatic carbocycles. The van der Waals surface area contributed by atoms with Crippen molar-refractivity contribution < 1.29 is 12.9 Å². The Morgan fingerprint density at radius 2 is 2.22 bits per heavy atom. The summed E-state index contributed by atoms with van der Waals surface area (Å²) in [5, 5.41) is 3.69. The lowest BCUT2D eigenvalue weighted by atomic mass is 10.4. The van der Waals surface area contributed by atoms with E-state index in [9.17, 15) is 8.42 Å². The van der Waals surface area contributed by atoms with Crippen molar-refractivity contribution in [2.24, 2.45) is 0 Å². The van der Waals surface area contributed by atoms with Crippen molar-refractivity contribution in [2.75, 3.05) is 6.54 Å². The molecule has 2 rings (SSSR count). The van der Waals surface area contributed by atoms with Gasteiger partial charge in [-0.15, -0.1) is 0 Å². The number of nitrogens with one attached hydrogen (secondary N) is 1. The van der Waals surface area contributed by atoms with Crippen LogP contribution in [0.15, 0.2) is 34.1 Å². The fraction of sp³-hybridized carbons (Fsp3) is 0.222. The molecule has 0 saturated carbocycles. The summed E-state index contributed by atoms with van der Waals surface area (Å²) in [4.78, 5) is 7.56. The standard InChI is InChI=1S/C9H9ClN4O3S/c10-8-5-7(1-3-11-8)18(15,16)13-4-2-9-12-6-17-14-9/h1,3,5-6,13H,2,4H2. The maximum Gasteiger partial charge on any atom is 0.240 e. The van der Waals surface area contributed by atoms with Crippen LogP contribution < -0.4 is 4.72 Å². The van der Waals surface area contributed by atoms with Gasteiger partial charge in [0.1, 0.15) is 5.15 Å². The molecule has 0 unspecified atom stereocenters. The zero-order chi connectivity index (χ0) is 13.0. The van der Waals surface area contributed by atoms with Gasteiger partial charge in [-0.1, -0.05) is 16.8 Å². The second-order valence-corrected chi connectivity index (χ2v) is 5.46. The summed E-state index contributed by atoms with van der Waals surface area (Å²) in [5.41, 5.74) is 0. The maximum absolute atomic E-state index is 11.9. The Labute approximate surface area is 108 Å². The van der Waals surface area contributed by atoms with E-state index in [-0.39, 0.29) is 16.6 Å². The molecule has 0 spiro atoms. The lowest BCUT2D eigenvalue weighted by Crippen LogP contribution is -2.26. The van der Waals surface area contributed by atoms with Crippen LogP contribution in [-0.4, -0.2) is 30.1 Å². The highest BCUT2D eigenvalue weighted by atomic mass is 35.5. The van der Waals surface area contributed by atoms with E-state index in [0.717, 1.165) is 0 Å². The molecule has 2 aromatic heterocycles. The van der Waals surface area contributed by atoms with E-state index in [1.54, 1.807) is 0 Å². The normalized spacial score (nSPS) is 11.6. The van der Waals surface area contributed by atoms with Crippen LogP contribution in [0.4, 0.5) is 0 Å². The van der Waals surface area contributed by atoms with Crippen LogP contribution in [0.25, 0.3) is 0 Å². The Morgan fingerprint density at radius 1 is 1.39 bits per heavy atom. The Kier molecular flexibility index (Phi) is 3.90. The maximum atomic E-state index is 11.9. The molecule has 0 bridgehead atoms. The summed E-state index contributed by atoms with van der Waals surface area (Å²) in [6, 6.07) is 2.64. The monoisotopic (exact) mass is 288 g/mol. The molecule has 0 aliphatic heterocycles. The minimum absolute atomic E-state index is 0.0654. The molecule has 96 valence electrons. The summed E-state index contributed by atoms with van der Waals surface area (Å²) in [5.74, 6) is 0.436. The first kappa shape index (κ1) is 12.9. The van der Waals surface area contributed by atoms with Crippen LogP contribution in [0.5, 0.6) is 0 Å². The molecule has 0 aliphatic rings. The van der Waals surface area contributed by atoms with E-state index in [0.29, 0.717) is 12.2 Å². The number of hydrogen-bond acceptors (Lipinski definition) is 6. The topological polar surface area (TPSA) is 98.0 Å². The lowest BCUT2D eigenvalue weighted by Gasteiger charge is -2.05. The first-order valence-electron chi connectivity index (χ1n) is 4.94. The van der Waals surface area contributed by atoms with Gasteiger partial charge in [-0.05, 0) is 12.1 Å². The number of aromatic nitrogens is 3. The van der Waals surface area contributed by atoms with Crippen molar-refractivity contribution >= 4 is 21.6 Å². The van der Waals surface area contributed by atoms with Crippen LogP contribution in [-0.2, 0) is 16.4 Å². The van der Waals surface area contributed by atoms with Crippen molar-refractivity contribution in [2.45, 2.75) is 11.3 Å². The number of rotatable bonds is 5. The van der Waals surface area contributed by atoms with Gasteiger partial charge in [0.25, 0.3) is 0 Å². The minimum atomic E-state index is -3.60. The highest BCUT2D eigenvalue weighted by molar-refractivity contribution is 7.89. The van der Waals surface area contributed by atoms with Gasteiger partial charge in [0.05, 0.1) is 4.90 Å². The first-order valence-corrected chi connectivity index (χ1v) is 6.80. The average molecular weight is 289 g/mol. The van der Waals surface area contributed by atoms with Crippen LogP contribution in [0, 0.1) is 0 Å². The fourth-order valence-corrected chi connectivity index (χ4v) is 2.52. The molecular weight excluding hydrogens is 280 g/mol. The number of pyridine rings is 1. The van der Waals surface area contributed by atoms with Gasteiger partial charge in [-0.25, -0.2) is 18.1 Å². The number of hydrogen-bond donors (Lipinski definition) is 1. The zero-order valence-electron chi connectivity index (χ0n) is 9.08. The number of nitrogens with zero attached hydrogens (tertiary/aromatic N) is 3. The molecule has 0 fully saturated rings. The van der Waals surface area contributed by atoms with E-state index >= 15 is 0 Å². The molecule has 0 amide bonds. The Balaban J connectivity index is 1.99. The zero-order valence-corrected chi connectivity index (χ0v) is 10.6. The summed E-state index contributed by atoms with van der Waals surface area (Å²) >= 11 is 5.63. The van der Waals surface area contributed by atoms with E-state index in [1.165, 1.54) is 24.7 Å². The largest absolute Gasteiger partial charge is 0.343 e. The Morgan fingerprint density at radius 3 is 2.89 bits per heavy atom. The third-order valence-electron chi connectivity index (χ3n) is 2.06. The minimum Gasteiger partial charge on any atom is -0.343 e. The van der Waals surface area contributed by atoms with Crippen molar-refractivity contribution in [3.8, 4) is 0 Å². The predicted molar refractivity (Wildman–Crippen MR) is 62.4 cm³/mol. The molecule has 0 aromatic carbocycles. The third kappa shape index (κ3) is 3.25. The van der Waals surface area contributed by atoms with Gasteiger partial charge >= 0.3 is 0 Å². The number of sulfonamides is 1. The summed E-state index contributed by atoms with van der Waals surface area (Å²) in [6.07, 6.45) is 2.86. The van der Waals surface area contributed by atoms with Gasteiger partial charge in [0, 0.05) is 19.2 Å². The van der Waals surface area contributed by atoms with E-state index in [4.69, 9.17) is 11.6 Å². The molecular formula is C9H9ClN4O3S. The second-order valence-electron chi connectivity index (χ2n) is 3.31. The molecule has 0 atom stereocenters. The quantitative estimate of drug-likeness (QED) is 0.811. The molecule has 0 saturated heterocycles. The van der Waals surface area contributed by atoms with Crippen molar-refractivity contribution in [3.63, 3.8) is 0 Å². The molecule has 1 N–H and O–H groups in total. The first-order chi connectivity index (χ1) is 8.58. The van der Waals surface area contributed by atoms with Gasteiger partial charge in [0.15, 0.2) is 5.82 Å². The van der Waals surface area contributed by atoms with Gasteiger partial charge in [-0.3, -0.25) is 0 Å². The smallest absolute Gasteiger partial charge is 0.240 e. The van der Waals surface area contributed by atoms with Gasteiger partial charge in [-0.2, -0.15) is 4.98 Å². The summed E-state index contributed by atoms with van der Waals surface area (Å²) < 4.78 is 30.6. The van der Waals surface area contributed by atoms with Crippen molar-refractivity contribution in [1.82, 2.24) is 19.8 Å². The molecule has 9 heteroatoms. The fourth-order valence-electron chi connectivity index (χ4n) is 1.23. The highest BCUT2D eigenvalue weighted by Crippen LogP contribution is 2.12. The van der Waals surface area contributed by atoms with Crippen LogP contribution in [0.2, 0.25) is 5.15 Å². The molecule has 7 nitrogen and oxygen atoms in total. The second kappa shape index (κ2) is 5.42. The van der Waals surface area contributed by atoms with E-state index in [2.05, 4.69) is 24.4 Å². The molecule has 18 heavy (non-hydrogen) atoms. The van der Waals surface area contributed by atoms with Gasteiger partial charge < -0.3 is 4.52 Å².